The van der Waals surface area contributed by atoms with Crippen molar-refractivity contribution in [3.63, 3.8) is 0 Å². The number of rotatable bonds is 15. The third-order valence-corrected chi connectivity index (χ3v) is 10.4. The third-order valence-electron chi connectivity index (χ3n) is 8.73. The summed E-state index contributed by atoms with van der Waals surface area (Å²) in [5, 5.41) is 23.7. The Labute approximate surface area is 272 Å². The van der Waals surface area contributed by atoms with Crippen molar-refractivity contribution in [2.75, 3.05) is 18.5 Å². The summed E-state index contributed by atoms with van der Waals surface area (Å²) in [6.45, 7) is 14.3. The second kappa shape index (κ2) is 15.9. The number of halogens is 1. The molecule has 0 aliphatic heterocycles. The van der Waals surface area contributed by atoms with Crippen LogP contribution in [-0.4, -0.2) is 68.8 Å². The van der Waals surface area contributed by atoms with Gasteiger partial charge >= 0.3 is 0 Å². The molecule has 1 fully saturated rings. The molecule has 3 N–H and O–H groups in total. The van der Waals surface area contributed by atoms with Crippen LogP contribution in [0.25, 0.3) is 11.1 Å². The van der Waals surface area contributed by atoms with E-state index in [2.05, 4.69) is 52.4 Å². The van der Waals surface area contributed by atoms with Gasteiger partial charge in [-0.25, -0.2) is 9.67 Å². The molecule has 3 aromatic rings. The lowest BCUT2D eigenvalue weighted by molar-refractivity contribution is -0.119. The van der Waals surface area contributed by atoms with E-state index in [4.69, 9.17) is 4.74 Å². The van der Waals surface area contributed by atoms with Gasteiger partial charge in [0.05, 0.1) is 5.69 Å². The molecule has 13 heteroatoms. The fraction of sp³-hybridized carbons (Fsp3) is 0.606. The average molecular weight is 656 g/mol. The minimum absolute atomic E-state index is 0.0243. The Kier molecular flexibility index (Phi) is 12.3. The number of nitrogens with zero attached hydrogens (tertiary/aromatic N) is 5. The van der Waals surface area contributed by atoms with Crippen LogP contribution in [0, 0.1) is 24.7 Å². The molecule has 2 amide bonds. The topological polar surface area (TPSA) is 136 Å². The molecule has 1 saturated carbocycles. The minimum Gasteiger partial charge on any atom is -0.396 e. The number of aromatic nitrogens is 5. The summed E-state index contributed by atoms with van der Waals surface area (Å²) in [6, 6.07) is 5.01. The number of amides is 2. The largest absolute Gasteiger partial charge is 0.396 e. The zero-order chi connectivity index (χ0) is 33.4. The van der Waals surface area contributed by atoms with Gasteiger partial charge in [-0.2, -0.15) is 14.6 Å². The number of ether oxygens (including phenoxy) is 1. The second-order valence-electron chi connectivity index (χ2n) is 13.6. The van der Waals surface area contributed by atoms with Crippen LogP contribution < -0.4 is 10.6 Å². The van der Waals surface area contributed by atoms with Crippen molar-refractivity contribution in [1.82, 2.24) is 29.9 Å². The molecule has 3 aromatic heterocycles. The van der Waals surface area contributed by atoms with Crippen LogP contribution in [-0.2, 0) is 29.2 Å². The molecule has 1 aliphatic rings. The standard InChI is InChI=1S/C33H50FN7O4Si/c1-7-26-29(23(3)39-41(26)21-45-19-20-46(4,5)6)25-13-14-28(36-31(25)34)37-33(44)30(24-11-9-22(2)10-12-24)38-32(43)27-15-16-35-40(27)17-8-18-42/h13-16,22,24,30,42H,7-12,17-21H2,1-6H3,(H,38,43)(H,36,37,44)/t22?,24?,30-/m0/s1. The Bertz CT molecular complexity index is 1480. The normalized spacial score (nSPS) is 17.6. The number of carbonyl (C=O) groups excluding carboxylic acids is 2. The second-order valence-corrected chi connectivity index (χ2v) is 19.2. The summed E-state index contributed by atoms with van der Waals surface area (Å²) in [4.78, 5) is 31.2. The lowest BCUT2D eigenvalue weighted by Gasteiger charge is -2.32. The van der Waals surface area contributed by atoms with Gasteiger partial charge in [0.15, 0.2) is 0 Å². The van der Waals surface area contributed by atoms with Gasteiger partial charge in [-0.05, 0) is 68.7 Å². The summed E-state index contributed by atoms with van der Waals surface area (Å²) >= 11 is 0. The van der Waals surface area contributed by atoms with E-state index < -0.39 is 31.9 Å². The van der Waals surface area contributed by atoms with Gasteiger partial charge in [-0.1, -0.05) is 46.3 Å². The maximum atomic E-state index is 15.6. The van der Waals surface area contributed by atoms with E-state index in [0.29, 0.717) is 61.2 Å². The summed E-state index contributed by atoms with van der Waals surface area (Å²) in [5.41, 5.74) is 2.83. The zero-order valence-electron chi connectivity index (χ0n) is 28.1. The number of aliphatic hydroxyl groups excluding tert-OH is 1. The van der Waals surface area contributed by atoms with Gasteiger partial charge in [-0.15, -0.1) is 0 Å². The highest BCUT2D eigenvalue weighted by molar-refractivity contribution is 6.76. The van der Waals surface area contributed by atoms with E-state index >= 15 is 4.39 Å². The average Bonchev–Trinajstić information content (AvgIpc) is 3.60. The van der Waals surface area contributed by atoms with E-state index in [9.17, 15) is 14.7 Å². The monoisotopic (exact) mass is 655 g/mol. The maximum Gasteiger partial charge on any atom is 0.270 e. The number of hydrogen-bond acceptors (Lipinski definition) is 7. The SMILES string of the molecule is CCc1c(-c2ccc(NC(=O)[C@@H](NC(=O)c3ccnn3CCCO)C3CCC(C)CC3)nc2F)c(C)nn1COCC[Si](C)(C)C. The predicted molar refractivity (Wildman–Crippen MR) is 179 cm³/mol. The van der Waals surface area contributed by atoms with E-state index in [1.54, 1.807) is 22.9 Å². The van der Waals surface area contributed by atoms with Crippen LogP contribution in [0.15, 0.2) is 24.4 Å². The molecule has 4 rings (SSSR count). The number of hydrogen-bond donors (Lipinski definition) is 3. The van der Waals surface area contributed by atoms with Crippen LogP contribution >= 0.6 is 0 Å². The molecule has 0 bridgehead atoms. The Hall–Kier alpha value is -3.42. The highest BCUT2D eigenvalue weighted by atomic mass is 28.3. The lowest BCUT2D eigenvalue weighted by atomic mass is 9.79. The molecule has 1 aliphatic carbocycles. The molecule has 0 aromatic carbocycles. The lowest BCUT2D eigenvalue weighted by Crippen LogP contribution is -2.49. The first-order chi connectivity index (χ1) is 21.9. The Morgan fingerprint density at radius 3 is 2.54 bits per heavy atom. The molecule has 0 spiro atoms. The fourth-order valence-electron chi connectivity index (χ4n) is 6.03. The smallest absolute Gasteiger partial charge is 0.270 e. The van der Waals surface area contributed by atoms with Crippen LogP contribution in [0.4, 0.5) is 10.2 Å². The molecular formula is C33H50FN7O4Si. The minimum atomic E-state index is -1.22. The first kappa shape index (κ1) is 35.4. The summed E-state index contributed by atoms with van der Waals surface area (Å²) in [7, 11) is -1.22. The molecule has 1 atom stereocenters. The summed E-state index contributed by atoms with van der Waals surface area (Å²) < 4.78 is 24.9. The third kappa shape index (κ3) is 9.10. The number of anilines is 1. The van der Waals surface area contributed by atoms with Crippen molar-refractivity contribution in [2.45, 2.75) is 104 Å². The highest BCUT2D eigenvalue weighted by Crippen LogP contribution is 2.32. The molecular weight excluding hydrogens is 605 g/mol. The van der Waals surface area contributed by atoms with Crippen LogP contribution in [0.3, 0.4) is 0 Å². The van der Waals surface area contributed by atoms with Crippen molar-refractivity contribution in [1.29, 1.82) is 0 Å². The number of aryl methyl sites for hydroxylation is 2. The maximum absolute atomic E-state index is 15.6. The summed E-state index contributed by atoms with van der Waals surface area (Å²) in [6.07, 6.45) is 6.09. The van der Waals surface area contributed by atoms with Gasteiger partial charge in [0, 0.05) is 50.9 Å². The number of pyridine rings is 1. The van der Waals surface area contributed by atoms with Crippen molar-refractivity contribution in [2.24, 2.45) is 11.8 Å². The number of carbonyl (C=O) groups is 2. The van der Waals surface area contributed by atoms with E-state index in [1.165, 1.54) is 10.9 Å². The molecule has 0 radical (unpaired) electrons. The van der Waals surface area contributed by atoms with Gasteiger partial charge in [0.25, 0.3) is 5.91 Å². The van der Waals surface area contributed by atoms with Crippen LogP contribution in [0.2, 0.25) is 25.7 Å². The fourth-order valence-corrected chi connectivity index (χ4v) is 6.78. The molecule has 0 unspecified atom stereocenters. The van der Waals surface area contributed by atoms with E-state index in [1.807, 2.05) is 13.8 Å². The van der Waals surface area contributed by atoms with Crippen molar-refractivity contribution < 1.29 is 23.8 Å². The van der Waals surface area contributed by atoms with Gasteiger partial charge in [-0.3, -0.25) is 14.3 Å². The van der Waals surface area contributed by atoms with Gasteiger partial charge in [0.1, 0.15) is 24.3 Å². The summed E-state index contributed by atoms with van der Waals surface area (Å²) in [5.74, 6) is -1.03. The van der Waals surface area contributed by atoms with E-state index in [-0.39, 0.29) is 18.3 Å². The van der Waals surface area contributed by atoms with E-state index in [0.717, 1.165) is 37.4 Å². The molecule has 252 valence electrons. The van der Waals surface area contributed by atoms with Gasteiger partial charge < -0.3 is 20.5 Å². The molecule has 11 nitrogen and oxygen atoms in total. The van der Waals surface area contributed by atoms with Crippen molar-refractivity contribution in [3.05, 3.63) is 47.4 Å². The van der Waals surface area contributed by atoms with Crippen molar-refractivity contribution in [3.8, 4) is 11.1 Å². The Morgan fingerprint density at radius 1 is 1.15 bits per heavy atom. The highest BCUT2D eigenvalue weighted by Gasteiger charge is 2.34. The molecule has 0 saturated heterocycles. The first-order valence-corrected chi connectivity index (χ1v) is 20.2. The Morgan fingerprint density at radius 2 is 1.89 bits per heavy atom. The van der Waals surface area contributed by atoms with Crippen LogP contribution in [0.1, 0.15) is 67.8 Å². The number of aliphatic hydroxyl groups is 1. The molecule has 3 heterocycles. The van der Waals surface area contributed by atoms with Crippen LogP contribution in [0.5, 0.6) is 0 Å². The van der Waals surface area contributed by atoms with Crippen molar-refractivity contribution >= 4 is 25.7 Å². The first-order valence-electron chi connectivity index (χ1n) is 16.5. The quantitative estimate of drug-likeness (QED) is 0.113. The predicted octanol–water partition coefficient (Wildman–Crippen LogP) is 5.41. The molecule has 46 heavy (non-hydrogen) atoms. The number of nitrogens with one attached hydrogen (secondary N) is 2. The zero-order valence-corrected chi connectivity index (χ0v) is 29.1. The van der Waals surface area contributed by atoms with Gasteiger partial charge in [0.2, 0.25) is 11.9 Å². The Balaban J connectivity index is 1.51.